The van der Waals surface area contributed by atoms with Crippen LogP contribution in [0.15, 0.2) is 153 Å². The second-order valence-corrected chi connectivity index (χ2v) is 29.3. The Morgan fingerprint density at radius 3 is 1.62 bits per heavy atom. The van der Waals surface area contributed by atoms with E-state index in [0.29, 0.717) is 69.4 Å². The van der Waals surface area contributed by atoms with Crippen LogP contribution in [0.1, 0.15) is 126 Å². The number of nitrogen functional groups attached to an aromatic ring is 3. The number of carbonyl (C=O) groups excluding carboxylic acids is 1. The van der Waals surface area contributed by atoms with Gasteiger partial charge < -0.3 is 45.7 Å². The van der Waals surface area contributed by atoms with E-state index in [1.54, 1.807) is 81.1 Å². The van der Waals surface area contributed by atoms with Gasteiger partial charge in [-0.3, -0.25) is 9.48 Å². The minimum atomic E-state index is -3.46. The summed E-state index contributed by atoms with van der Waals surface area (Å²) in [6.07, 6.45) is 19.1. The Morgan fingerprint density at radius 2 is 1.10 bits per heavy atom. The Bertz CT molecular complexity index is 4800. The van der Waals surface area contributed by atoms with E-state index in [2.05, 4.69) is 119 Å². The quantitative estimate of drug-likeness (QED) is 0.0546. The molecule has 3 atom stereocenters. The largest absolute Gasteiger partial charge is 0.393 e. The van der Waals surface area contributed by atoms with Crippen molar-refractivity contribution in [3.05, 3.63) is 180 Å². The van der Waals surface area contributed by atoms with Crippen molar-refractivity contribution >= 4 is 39.6 Å². The van der Waals surface area contributed by atoms with E-state index in [-0.39, 0.29) is 58.5 Å². The first-order valence-electron chi connectivity index (χ1n) is 33.5. The van der Waals surface area contributed by atoms with Crippen molar-refractivity contribution in [2.45, 2.75) is 133 Å². The fourth-order valence-corrected chi connectivity index (χ4v) is 14.0. The van der Waals surface area contributed by atoms with Crippen molar-refractivity contribution in [1.29, 1.82) is 0 Å². The van der Waals surface area contributed by atoms with Gasteiger partial charge in [-0.1, -0.05) is 114 Å². The van der Waals surface area contributed by atoms with Crippen LogP contribution in [0.2, 0.25) is 0 Å². The zero-order chi connectivity index (χ0) is 71.7. The third kappa shape index (κ3) is 14.8. The molecule has 7 heterocycles. The Morgan fingerprint density at radius 1 is 0.604 bits per heavy atom. The normalized spacial score (nSPS) is 17.1. The van der Waals surface area contributed by atoms with Crippen LogP contribution in [-0.4, -0.2) is 134 Å². The predicted octanol–water partition coefficient (Wildman–Crippen LogP) is 10.9. The summed E-state index contributed by atoms with van der Waals surface area (Å²) in [5.41, 5.74) is 24.9. The third-order valence-corrected chi connectivity index (χ3v) is 21.3. The number of halogens is 1. The highest BCUT2D eigenvalue weighted by Gasteiger charge is 2.49. The first-order chi connectivity index (χ1) is 48.2. The molecule has 26 nitrogen and oxygen atoms in total. The van der Waals surface area contributed by atoms with Gasteiger partial charge in [0.15, 0.2) is 27.3 Å². The number of carbonyl (C=O) groups is 1. The van der Waals surface area contributed by atoms with Gasteiger partial charge in [0.05, 0.1) is 55.8 Å². The van der Waals surface area contributed by atoms with Crippen molar-refractivity contribution < 1.29 is 36.3 Å². The summed E-state index contributed by atoms with van der Waals surface area (Å²) in [6.45, 7) is 12.4. The third-order valence-electron chi connectivity index (χ3n) is 20.1. The van der Waals surface area contributed by atoms with Gasteiger partial charge in [-0.15, -0.1) is 0 Å². The second kappa shape index (κ2) is 28.5. The number of nitrogens with zero attached hydrogens (tertiary/aromatic N) is 16. The van der Waals surface area contributed by atoms with Gasteiger partial charge in [-0.25, -0.2) is 33.3 Å². The second-order valence-electron chi connectivity index (χ2n) is 27.3. The van der Waals surface area contributed by atoms with Gasteiger partial charge in [0, 0.05) is 75.6 Å². The summed E-state index contributed by atoms with van der Waals surface area (Å²) in [5, 5.41) is 27.1. The molecule has 14 rings (SSSR count). The lowest BCUT2D eigenvalue weighted by Gasteiger charge is -2.31. The van der Waals surface area contributed by atoms with E-state index in [0.717, 1.165) is 96.8 Å². The first kappa shape index (κ1) is 70.1. The fourth-order valence-electron chi connectivity index (χ4n) is 13.1. The fraction of sp³-hybridized carbons (Fsp3) is 0.370. The number of aromatic nitrogens is 14. The molecule has 3 aliphatic rings. The molecular weight excluding hydrogens is 1310 g/mol. The number of benzene rings is 4. The molecule has 11 aromatic rings. The van der Waals surface area contributed by atoms with E-state index in [4.69, 9.17) is 40.7 Å². The summed E-state index contributed by atoms with van der Waals surface area (Å²) < 4.78 is 57.4. The molecule has 3 aliphatic carbocycles. The first-order valence-corrected chi connectivity index (χ1v) is 35.3. The van der Waals surface area contributed by atoms with Gasteiger partial charge in [-0.05, 0) is 142 Å². The van der Waals surface area contributed by atoms with Crippen molar-refractivity contribution in [3.8, 4) is 56.3 Å². The molecule has 28 heteroatoms. The van der Waals surface area contributed by atoms with E-state index in [1.165, 1.54) is 16.5 Å². The Balaban J connectivity index is 0.000000144. The van der Waals surface area contributed by atoms with Gasteiger partial charge >= 0.3 is 6.01 Å². The summed E-state index contributed by atoms with van der Waals surface area (Å²) in [6, 6.07) is 31.6. The van der Waals surface area contributed by atoms with Crippen LogP contribution in [0, 0.1) is 30.6 Å². The maximum absolute atomic E-state index is 14.5. The lowest BCUT2D eigenvalue weighted by Crippen LogP contribution is -2.36. The SMILES string of the molecule is CC(C)C(C)(c1ccc(-c2cnc(N)nc2)cc1)c1noc(-c2ccccc2S(C)(=O)=O)n1.CN(c1nc(C(C)(c2ccc(-c3cnc(N)nc3)cc2)C2CC2)no1)C1CCC(O)CC1.Cc1nc(N)nc(F)c1-c1ccc([C@](C)(c2noc(-c3cnn(CC(=O)N(C)C)c3)n2)C2CC2)cc1. The number of nitrogens with two attached hydrogens (primary N) is 3. The minimum absolute atomic E-state index is 0.0683. The van der Waals surface area contributed by atoms with Crippen LogP contribution in [-0.2, 0) is 37.4 Å². The lowest BCUT2D eigenvalue weighted by molar-refractivity contribution is -0.129. The van der Waals surface area contributed by atoms with E-state index in [1.807, 2.05) is 55.6 Å². The molecule has 3 saturated carbocycles. The van der Waals surface area contributed by atoms with Crippen molar-refractivity contribution in [2.75, 3.05) is 49.5 Å². The maximum Gasteiger partial charge on any atom is 0.324 e. The zero-order valence-electron chi connectivity index (χ0n) is 58.0. The van der Waals surface area contributed by atoms with E-state index >= 15 is 0 Å². The Labute approximate surface area is 584 Å². The van der Waals surface area contributed by atoms with Crippen LogP contribution in [0.5, 0.6) is 0 Å². The number of likely N-dealkylation sites (N-methyl/N-ethyl adjacent to an activating group) is 1. The molecule has 0 saturated heterocycles. The van der Waals surface area contributed by atoms with Crippen LogP contribution >= 0.6 is 0 Å². The van der Waals surface area contributed by atoms with Crippen LogP contribution in [0.4, 0.5) is 28.3 Å². The summed E-state index contributed by atoms with van der Waals surface area (Å²) in [7, 11) is 1.95. The highest BCUT2D eigenvalue weighted by atomic mass is 32.2. The Hall–Kier alpha value is -10.7. The molecule has 524 valence electrons. The lowest BCUT2D eigenvalue weighted by atomic mass is 9.72. The molecule has 0 spiro atoms. The number of amides is 1. The van der Waals surface area contributed by atoms with Gasteiger partial charge in [0.25, 0.3) is 11.8 Å². The molecule has 1 amide bonds. The Kier molecular flexibility index (Phi) is 19.8. The monoisotopic (exact) mass is 1390 g/mol. The number of aliphatic hydroxyl groups is 1. The smallest absolute Gasteiger partial charge is 0.324 e. The van der Waals surface area contributed by atoms with Crippen molar-refractivity contribution in [2.24, 2.45) is 17.8 Å². The van der Waals surface area contributed by atoms with Crippen LogP contribution in [0.25, 0.3) is 56.3 Å². The van der Waals surface area contributed by atoms with Gasteiger partial charge in [0.1, 0.15) is 6.54 Å². The number of aryl methyl sites for hydroxylation is 1. The molecule has 101 heavy (non-hydrogen) atoms. The minimum Gasteiger partial charge on any atom is -0.393 e. The van der Waals surface area contributed by atoms with Crippen LogP contribution in [0.3, 0.4) is 0 Å². The standard InChI is InChI=1S/C25H27FN8O2.C24H30N6O2.C24H25N5O3S/c1-14-20(21(26)30-24(27)29-14)15-5-7-17(8-6-15)25(2,18-9-10-18)23-31-22(36-32-23)16-11-28-34(12-16)13-19(35)33(3)4;1-24(18-7-8-18,17-5-3-15(4-6-17)16-13-26-22(25)27-14-16)21-28-23(32-29-21)30(2)19-9-11-20(31)12-10-19;1-15(2)24(3,18-11-9-16(10-12-18)17-13-26-23(25)27-14-17)22-28-21(32-29-22)19-7-5-6-8-20(19)33(4,30)31/h5-8,11-12,18H,9-10,13H2,1-4H3,(H2,27,29,30);3-6,13-14,18-20,31H,7-12H2,1-2H3,(H2,25,26,27);5-15H,1-4H3,(H2,25,26,27)/t25-;;/m0../s1. The molecular formula is C73H82FN19O7S. The molecule has 7 aromatic heterocycles. The van der Waals surface area contributed by atoms with Crippen molar-refractivity contribution in [3.63, 3.8) is 0 Å². The molecule has 0 bridgehead atoms. The molecule has 4 aromatic carbocycles. The average molecular weight is 1390 g/mol. The summed E-state index contributed by atoms with van der Waals surface area (Å²) in [4.78, 5) is 54.0. The molecule has 7 N–H and O–H groups in total. The molecule has 0 radical (unpaired) electrons. The highest BCUT2D eigenvalue weighted by molar-refractivity contribution is 7.90. The highest BCUT2D eigenvalue weighted by Crippen LogP contribution is 2.52. The zero-order valence-corrected chi connectivity index (χ0v) is 58.8. The van der Waals surface area contributed by atoms with Gasteiger partial charge in [0.2, 0.25) is 29.7 Å². The van der Waals surface area contributed by atoms with Gasteiger partial charge in [-0.2, -0.15) is 29.4 Å². The molecule has 0 aliphatic heterocycles. The summed E-state index contributed by atoms with van der Waals surface area (Å²) in [5.74, 6) is 2.98. The van der Waals surface area contributed by atoms with E-state index < -0.39 is 26.6 Å². The average Bonchev–Trinajstić information content (AvgIpc) is 1.62. The number of hydrogen-bond donors (Lipinski definition) is 4. The maximum atomic E-state index is 14.5. The number of rotatable bonds is 19. The number of anilines is 4. The van der Waals surface area contributed by atoms with E-state index in [9.17, 15) is 22.7 Å². The van der Waals surface area contributed by atoms with Crippen molar-refractivity contribution in [1.82, 2.24) is 75.0 Å². The topological polar surface area (TPSA) is 368 Å². The number of aliphatic hydroxyl groups excluding tert-OH is 1. The molecule has 3 fully saturated rings. The number of hydrogen-bond acceptors (Lipinski definition) is 24. The molecule has 2 unspecified atom stereocenters. The van der Waals surface area contributed by atoms with Crippen LogP contribution < -0.4 is 22.1 Å². The predicted molar refractivity (Wildman–Crippen MR) is 378 cm³/mol. The number of sulfone groups is 1. The summed E-state index contributed by atoms with van der Waals surface area (Å²) >= 11 is 0.